The van der Waals surface area contributed by atoms with E-state index < -0.39 is 0 Å². The van der Waals surface area contributed by atoms with Gasteiger partial charge in [0.05, 0.1) is 12.0 Å². The summed E-state index contributed by atoms with van der Waals surface area (Å²) >= 11 is 0. The number of carbonyl (C=O) groups is 1. The van der Waals surface area contributed by atoms with Crippen LogP contribution in [0.1, 0.15) is 35.5 Å². The lowest BCUT2D eigenvalue weighted by Crippen LogP contribution is -2.38. The first-order chi connectivity index (χ1) is 11.6. The number of nitrogens with one attached hydrogen (secondary N) is 1. The third-order valence-corrected chi connectivity index (χ3v) is 5.10. The zero-order chi connectivity index (χ0) is 16.8. The molecule has 4 rings (SSSR count). The van der Waals surface area contributed by atoms with Crippen molar-refractivity contribution in [2.24, 2.45) is 7.05 Å². The summed E-state index contributed by atoms with van der Waals surface area (Å²) in [6.07, 6.45) is 4.96. The lowest BCUT2D eigenvalue weighted by atomic mass is 9.88. The van der Waals surface area contributed by atoms with Gasteiger partial charge in [0.15, 0.2) is 11.9 Å². The number of nitrogens with zero attached hydrogens (tertiary/aromatic N) is 2. The highest BCUT2D eigenvalue weighted by molar-refractivity contribution is 6.02. The molecule has 1 N–H and O–H groups in total. The SMILES string of the molecule is CCN(CC)C(=O)c1cc2c([n+](C)c1)Cc1c[nH]c3cccc-2c13. The van der Waals surface area contributed by atoms with Crippen molar-refractivity contribution in [3.63, 3.8) is 0 Å². The molecule has 24 heavy (non-hydrogen) atoms. The van der Waals surface area contributed by atoms with Gasteiger partial charge in [-0.3, -0.25) is 4.79 Å². The highest BCUT2D eigenvalue weighted by atomic mass is 16.2. The van der Waals surface area contributed by atoms with Gasteiger partial charge in [0, 0.05) is 30.2 Å². The Morgan fingerprint density at radius 3 is 2.79 bits per heavy atom. The molecule has 4 nitrogen and oxygen atoms in total. The molecule has 0 bridgehead atoms. The second-order valence-corrected chi connectivity index (χ2v) is 6.40. The summed E-state index contributed by atoms with van der Waals surface area (Å²) in [6, 6.07) is 8.41. The number of rotatable bonds is 3. The average Bonchev–Trinajstić information content (AvgIpc) is 3.01. The van der Waals surface area contributed by atoms with E-state index in [0.29, 0.717) is 0 Å². The summed E-state index contributed by atoms with van der Waals surface area (Å²) in [5.74, 6) is 0.102. The normalized spacial score (nSPS) is 12.3. The fourth-order valence-electron chi connectivity index (χ4n) is 3.82. The van der Waals surface area contributed by atoms with E-state index in [0.717, 1.165) is 30.6 Å². The lowest BCUT2D eigenvalue weighted by Gasteiger charge is -2.20. The van der Waals surface area contributed by atoms with Crippen molar-refractivity contribution in [3.8, 4) is 11.1 Å². The molecule has 1 aliphatic rings. The first kappa shape index (κ1) is 14.9. The van der Waals surface area contributed by atoms with E-state index in [1.165, 1.54) is 27.8 Å². The molecule has 0 unspecified atom stereocenters. The zero-order valence-electron chi connectivity index (χ0n) is 14.4. The summed E-state index contributed by atoms with van der Waals surface area (Å²) in [6.45, 7) is 5.50. The van der Waals surface area contributed by atoms with E-state index in [-0.39, 0.29) is 5.91 Å². The van der Waals surface area contributed by atoms with Crippen LogP contribution in [0.4, 0.5) is 0 Å². The highest BCUT2D eigenvalue weighted by Crippen LogP contribution is 2.38. The molecule has 0 radical (unpaired) electrons. The third kappa shape index (κ3) is 2.06. The molecule has 1 aliphatic carbocycles. The van der Waals surface area contributed by atoms with E-state index in [9.17, 15) is 4.79 Å². The molecule has 0 aliphatic heterocycles. The van der Waals surface area contributed by atoms with Crippen molar-refractivity contribution >= 4 is 16.8 Å². The second-order valence-electron chi connectivity index (χ2n) is 6.40. The average molecular weight is 320 g/mol. The van der Waals surface area contributed by atoms with Crippen molar-refractivity contribution in [1.82, 2.24) is 9.88 Å². The minimum absolute atomic E-state index is 0.102. The Morgan fingerprint density at radius 2 is 2.04 bits per heavy atom. The molecular weight excluding hydrogens is 298 g/mol. The molecule has 0 saturated heterocycles. The Morgan fingerprint density at radius 1 is 1.25 bits per heavy atom. The van der Waals surface area contributed by atoms with Crippen molar-refractivity contribution in [2.75, 3.05) is 13.1 Å². The second kappa shape index (κ2) is 5.48. The third-order valence-electron chi connectivity index (χ3n) is 5.10. The van der Waals surface area contributed by atoms with Crippen LogP contribution in [0.15, 0.2) is 36.7 Å². The van der Waals surface area contributed by atoms with Gasteiger partial charge in [-0.25, -0.2) is 4.57 Å². The van der Waals surface area contributed by atoms with Gasteiger partial charge in [-0.05, 0) is 37.1 Å². The Kier molecular flexibility index (Phi) is 3.41. The molecule has 1 amide bonds. The number of amides is 1. The summed E-state index contributed by atoms with van der Waals surface area (Å²) in [7, 11) is 2.04. The van der Waals surface area contributed by atoms with Crippen LogP contribution in [0.5, 0.6) is 0 Å². The monoisotopic (exact) mass is 320 g/mol. The number of aromatic amines is 1. The molecule has 0 atom stereocenters. The van der Waals surface area contributed by atoms with Crippen LogP contribution in [0, 0.1) is 0 Å². The Balaban J connectivity index is 1.92. The van der Waals surface area contributed by atoms with E-state index >= 15 is 0 Å². The van der Waals surface area contributed by atoms with Gasteiger partial charge < -0.3 is 9.88 Å². The maximum atomic E-state index is 12.8. The fourth-order valence-corrected chi connectivity index (χ4v) is 3.82. The van der Waals surface area contributed by atoms with Crippen LogP contribution in [0.2, 0.25) is 0 Å². The summed E-state index contributed by atoms with van der Waals surface area (Å²) < 4.78 is 2.11. The molecule has 3 aromatic rings. The maximum Gasteiger partial charge on any atom is 0.259 e. The molecule has 0 fully saturated rings. The molecule has 0 spiro atoms. The topological polar surface area (TPSA) is 40.0 Å². The summed E-state index contributed by atoms with van der Waals surface area (Å²) in [4.78, 5) is 18.0. The minimum Gasteiger partial charge on any atom is -0.361 e. The number of aryl methyl sites for hydroxylation is 1. The number of carbonyl (C=O) groups excluding carboxylic acids is 1. The fraction of sp³-hybridized carbons (Fsp3) is 0.300. The highest BCUT2D eigenvalue weighted by Gasteiger charge is 2.28. The Hall–Kier alpha value is -2.62. The van der Waals surface area contributed by atoms with Crippen molar-refractivity contribution in [1.29, 1.82) is 0 Å². The van der Waals surface area contributed by atoms with Gasteiger partial charge in [-0.15, -0.1) is 0 Å². The molecule has 2 heterocycles. The number of benzene rings is 1. The summed E-state index contributed by atoms with van der Waals surface area (Å²) in [5, 5.41) is 1.29. The molecule has 1 aromatic carbocycles. The smallest absolute Gasteiger partial charge is 0.259 e. The number of fused-ring (bicyclic) bond motifs is 2. The van der Waals surface area contributed by atoms with E-state index in [2.05, 4.69) is 40.0 Å². The predicted octanol–water partition coefficient (Wildman–Crippen LogP) is 3.05. The largest absolute Gasteiger partial charge is 0.361 e. The van der Waals surface area contributed by atoms with E-state index in [4.69, 9.17) is 0 Å². The van der Waals surface area contributed by atoms with Crippen LogP contribution in [-0.2, 0) is 13.5 Å². The van der Waals surface area contributed by atoms with E-state index in [1.807, 2.05) is 32.0 Å². The molecular formula is C20H22N3O+. The van der Waals surface area contributed by atoms with Crippen LogP contribution in [0.3, 0.4) is 0 Å². The van der Waals surface area contributed by atoms with E-state index in [1.54, 1.807) is 0 Å². The quantitative estimate of drug-likeness (QED) is 0.579. The predicted molar refractivity (Wildman–Crippen MR) is 95.0 cm³/mol. The van der Waals surface area contributed by atoms with Gasteiger partial charge in [0.1, 0.15) is 12.6 Å². The van der Waals surface area contributed by atoms with Gasteiger partial charge in [0.25, 0.3) is 5.91 Å². The van der Waals surface area contributed by atoms with Gasteiger partial charge >= 0.3 is 0 Å². The zero-order valence-corrected chi connectivity index (χ0v) is 14.4. The molecule has 0 saturated carbocycles. The number of H-pyrrole nitrogens is 1. The van der Waals surface area contributed by atoms with Crippen LogP contribution < -0.4 is 4.57 Å². The number of aromatic nitrogens is 2. The van der Waals surface area contributed by atoms with Crippen LogP contribution >= 0.6 is 0 Å². The minimum atomic E-state index is 0.102. The molecule has 4 heteroatoms. The molecule has 2 aromatic heterocycles. The van der Waals surface area contributed by atoms with Gasteiger partial charge in [-0.2, -0.15) is 0 Å². The van der Waals surface area contributed by atoms with Crippen molar-refractivity contribution in [3.05, 3.63) is 53.5 Å². The van der Waals surface area contributed by atoms with Crippen LogP contribution in [-0.4, -0.2) is 28.9 Å². The van der Waals surface area contributed by atoms with Crippen molar-refractivity contribution < 1.29 is 9.36 Å². The number of pyridine rings is 1. The van der Waals surface area contributed by atoms with Gasteiger partial charge in [0.2, 0.25) is 0 Å². The number of hydrogen-bond donors (Lipinski definition) is 1. The first-order valence-corrected chi connectivity index (χ1v) is 8.55. The van der Waals surface area contributed by atoms with Crippen LogP contribution in [0.25, 0.3) is 22.0 Å². The van der Waals surface area contributed by atoms with Gasteiger partial charge in [-0.1, -0.05) is 12.1 Å². The summed E-state index contributed by atoms with van der Waals surface area (Å²) in [5.41, 5.74) is 6.90. The first-order valence-electron chi connectivity index (χ1n) is 8.55. The Labute approximate surface area is 141 Å². The number of hydrogen-bond acceptors (Lipinski definition) is 1. The Bertz CT molecular complexity index is 951. The van der Waals surface area contributed by atoms with Crippen molar-refractivity contribution in [2.45, 2.75) is 20.3 Å². The molecule has 122 valence electrons. The maximum absolute atomic E-state index is 12.8. The lowest BCUT2D eigenvalue weighted by molar-refractivity contribution is -0.678. The standard InChI is InChI=1S/C20H22N3O/c1-4-23(5-2)20(24)14-9-16-15-7-6-8-17-19(15)13(11-21-17)10-18(16)22(3)12-14/h6-9,11-12,21H,4-5,10H2,1-3H3/q+1.